The molecule has 0 aliphatic carbocycles. The van der Waals surface area contributed by atoms with Gasteiger partial charge in [-0.3, -0.25) is 9.59 Å². The van der Waals surface area contributed by atoms with E-state index in [1.807, 2.05) is 0 Å². The second kappa shape index (κ2) is 46.2. The van der Waals surface area contributed by atoms with Gasteiger partial charge in [0.05, 0.1) is 19.8 Å². The summed E-state index contributed by atoms with van der Waals surface area (Å²) in [7, 11) is 0. The summed E-state index contributed by atoms with van der Waals surface area (Å²) in [5.41, 5.74) is 0. The molecule has 2 saturated heterocycles. The van der Waals surface area contributed by atoms with Crippen LogP contribution in [0, 0.1) is 0 Å². The van der Waals surface area contributed by atoms with Crippen LogP contribution in [0.15, 0.2) is 12.2 Å². The van der Waals surface area contributed by atoms with E-state index in [4.69, 9.17) is 28.4 Å². The third-order valence-electron chi connectivity index (χ3n) is 14.7. The Morgan fingerprint density at radius 3 is 1.19 bits per heavy atom. The maximum Gasteiger partial charge on any atom is 0.306 e. The Balaban J connectivity index is 1.72. The van der Waals surface area contributed by atoms with Crippen LogP contribution in [0.2, 0.25) is 0 Å². The van der Waals surface area contributed by atoms with Gasteiger partial charge in [-0.05, 0) is 38.5 Å². The molecule has 2 aliphatic heterocycles. The number of aliphatic hydroxyl groups excluding tert-OH is 7. The van der Waals surface area contributed by atoms with E-state index in [0.717, 1.165) is 57.8 Å². The third-order valence-corrected chi connectivity index (χ3v) is 14.7. The van der Waals surface area contributed by atoms with E-state index in [2.05, 4.69) is 26.0 Å². The van der Waals surface area contributed by atoms with Crippen LogP contribution in [0.3, 0.4) is 0 Å². The molecule has 0 amide bonds. The molecule has 2 heterocycles. The van der Waals surface area contributed by atoms with Crippen molar-refractivity contribution in [2.75, 3.05) is 26.4 Å². The predicted molar refractivity (Wildman–Crippen MR) is 289 cm³/mol. The lowest BCUT2D eigenvalue weighted by Gasteiger charge is -2.42. The van der Waals surface area contributed by atoms with Crippen LogP contribution in [0.25, 0.3) is 0 Å². The summed E-state index contributed by atoms with van der Waals surface area (Å²) in [6.45, 7) is 2.63. The Labute approximate surface area is 448 Å². The zero-order valence-electron chi connectivity index (χ0n) is 46.6. The molecule has 7 N–H and O–H groups in total. The van der Waals surface area contributed by atoms with Crippen LogP contribution in [-0.4, -0.2) is 142 Å². The molecule has 0 spiro atoms. The monoisotopic (exact) mass is 1060 g/mol. The summed E-state index contributed by atoms with van der Waals surface area (Å²) in [5, 5.41) is 72.3. The van der Waals surface area contributed by atoms with Gasteiger partial charge in [0, 0.05) is 12.8 Å². The fraction of sp³-hybridized carbons (Fsp3) is 0.932. The van der Waals surface area contributed by atoms with Gasteiger partial charge in [-0.1, -0.05) is 219 Å². The summed E-state index contributed by atoms with van der Waals surface area (Å²) in [6.07, 6.45) is 32.4. The second-order valence-electron chi connectivity index (χ2n) is 21.5. The van der Waals surface area contributed by atoms with Crippen LogP contribution in [-0.2, 0) is 38.0 Å². The molecule has 2 fully saturated rings. The number of carbonyl (C=O) groups excluding carboxylic acids is 2. The smallest absolute Gasteiger partial charge is 0.306 e. The van der Waals surface area contributed by atoms with Gasteiger partial charge in [0.15, 0.2) is 18.7 Å². The summed E-state index contributed by atoms with van der Waals surface area (Å²) in [6, 6.07) is 0. The Morgan fingerprint density at radius 1 is 0.419 bits per heavy atom. The van der Waals surface area contributed by atoms with Crippen LogP contribution in [0.4, 0.5) is 0 Å². The minimum Gasteiger partial charge on any atom is -0.462 e. The number of aliphatic hydroxyl groups is 7. The molecule has 2 rings (SSSR count). The molecule has 0 aromatic heterocycles. The number of hydrogen-bond donors (Lipinski definition) is 7. The average Bonchev–Trinajstić information content (AvgIpc) is 3.39. The highest BCUT2D eigenvalue weighted by molar-refractivity contribution is 5.70. The molecular weight excluding hydrogens is 949 g/mol. The highest BCUT2D eigenvalue weighted by Gasteiger charge is 2.47. The van der Waals surface area contributed by atoms with Crippen molar-refractivity contribution >= 4 is 11.9 Å². The highest BCUT2D eigenvalue weighted by Crippen LogP contribution is 2.27. The first-order valence-electron chi connectivity index (χ1n) is 30.3. The molecule has 0 aromatic rings. The normalized spacial score (nSPS) is 24.7. The van der Waals surface area contributed by atoms with Gasteiger partial charge in [-0.2, -0.15) is 0 Å². The molecule has 0 bridgehead atoms. The number of carbonyl (C=O) groups is 2. The van der Waals surface area contributed by atoms with E-state index in [0.29, 0.717) is 12.8 Å². The van der Waals surface area contributed by atoms with Crippen molar-refractivity contribution in [1.82, 2.24) is 0 Å². The molecule has 15 heteroatoms. The van der Waals surface area contributed by atoms with Gasteiger partial charge >= 0.3 is 11.9 Å². The minimum atomic E-state index is -1.76. The zero-order valence-corrected chi connectivity index (χ0v) is 46.6. The number of allylic oxidation sites excluding steroid dienone is 2. The molecule has 0 radical (unpaired) electrons. The van der Waals surface area contributed by atoms with Crippen molar-refractivity contribution in [2.45, 2.75) is 325 Å². The van der Waals surface area contributed by atoms with Crippen LogP contribution >= 0.6 is 0 Å². The molecule has 2 aliphatic rings. The predicted octanol–water partition coefficient (Wildman–Crippen LogP) is 10.5. The SMILES string of the molecule is CCCCCCCC/C=C/CCCCCCCC(=O)OC[C@H](CO[C@H]1O[C@@H](CO[C@H]2O[C@@H](CO)[C@@H](O)C(O)C2O)[C@@H](O)C(O)C1O)OC(=O)CCCCCCCCCCCCCCCCCCCCCCCCC. The van der Waals surface area contributed by atoms with Crippen LogP contribution < -0.4 is 0 Å². The molecule has 436 valence electrons. The van der Waals surface area contributed by atoms with Gasteiger partial charge in [0.2, 0.25) is 0 Å². The first-order chi connectivity index (χ1) is 36.0. The molecule has 11 atom stereocenters. The molecule has 74 heavy (non-hydrogen) atoms. The number of hydrogen-bond acceptors (Lipinski definition) is 15. The van der Waals surface area contributed by atoms with Gasteiger partial charge in [0.25, 0.3) is 0 Å². The largest absolute Gasteiger partial charge is 0.462 e. The lowest BCUT2D eigenvalue weighted by atomic mass is 9.98. The number of ether oxygens (including phenoxy) is 6. The minimum absolute atomic E-state index is 0.170. The van der Waals surface area contributed by atoms with Gasteiger partial charge in [-0.15, -0.1) is 0 Å². The van der Waals surface area contributed by atoms with E-state index in [1.54, 1.807) is 0 Å². The Kier molecular flexibility index (Phi) is 42.7. The van der Waals surface area contributed by atoms with E-state index in [-0.39, 0.29) is 26.1 Å². The van der Waals surface area contributed by atoms with Gasteiger partial charge < -0.3 is 64.2 Å². The lowest BCUT2D eigenvalue weighted by Crippen LogP contribution is -2.61. The van der Waals surface area contributed by atoms with Crippen molar-refractivity contribution in [3.05, 3.63) is 12.2 Å². The topological polar surface area (TPSA) is 231 Å². The van der Waals surface area contributed by atoms with Crippen molar-refractivity contribution in [3.63, 3.8) is 0 Å². The molecule has 15 nitrogen and oxygen atoms in total. The van der Waals surface area contributed by atoms with Crippen LogP contribution in [0.5, 0.6) is 0 Å². The maximum atomic E-state index is 13.1. The van der Waals surface area contributed by atoms with Gasteiger partial charge in [0.1, 0.15) is 55.4 Å². The van der Waals surface area contributed by atoms with E-state index >= 15 is 0 Å². The number of unbranched alkanes of at least 4 members (excludes halogenated alkanes) is 33. The Morgan fingerprint density at radius 2 is 0.770 bits per heavy atom. The van der Waals surface area contributed by atoms with E-state index in [9.17, 15) is 45.3 Å². The summed E-state index contributed by atoms with van der Waals surface area (Å²) < 4.78 is 33.7. The first kappa shape index (κ1) is 68.3. The quantitative estimate of drug-likeness (QED) is 0.0171. The van der Waals surface area contributed by atoms with Crippen molar-refractivity contribution < 1.29 is 73.8 Å². The number of rotatable bonds is 49. The van der Waals surface area contributed by atoms with Crippen LogP contribution in [0.1, 0.15) is 258 Å². The van der Waals surface area contributed by atoms with E-state index in [1.165, 1.54) is 161 Å². The summed E-state index contributed by atoms with van der Waals surface area (Å²) >= 11 is 0. The molecule has 0 saturated carbocycles. The summed E-state index contributed by atoms with van der Waals surface area (Å²) in [5.74, 6) is -0.918. The standard InChI is InChI=1S/C59H110O15/c1-3-5-7-9-11-13-15-17-19-20-21-22-23-24-25-26-28-30-32-34-36-38-40-42-51(62)72-47(44-69-50(61)41-39-37-35-33-31-29-27-18-16-14-12-10-8-6-4-2)45-70-58-57(68)55(66)53(64)49(74-58)46-71-59-56(67)54(65)52(63)48(43-60)73-59/h18,27,47-49,52-60,63-68H,3-17,19-26,28-46H2,1-2H3/b27-18+/t47-,48+,49+,52-,53-,54?,55?,56?,57?,58+,59+/m1/s1. The van der Waals surface area contributed by atoms with E-state index < -0.39 is 92.7 Å². The Bertz CT molecular complexity index is 1340. The Hall–Kier alpha value is -1.76. The fourth-order valence-electron chi connectivity index (χ4n) is 9.80. The third kappa shape index (κ3) is 32.9. The molecular formula is C59H110O15. The summed E-state index contributed by atoms with van der Waals surface area (Å²) in [4.78, 5) is 25.9. The molecule has 4 unspecified atom stereocenters. The first-order valence-corrected chi connectivity index (χ1v) is 30.3. The second-order valence-corrected chi connectivity index (χ2v) is 21.5. The lowest BCUT2D eigenvalue weighted by molar-refractivity contribution is -0.332. The zero-order chi connectivity index (χ0) is 53.9. The average molecular weight is 1060 g/mol. The maximum absolute atomic E-state index is 13.1. The number of esters is 2. The van der Waals surface area contributed by atoms with Crippen molar-refractivity contribution in [1.29, 1.82) is 0 Å². The van der Waals surface area contributed by atoms with Gasteiger partial charge in [-0.25, -0.2) is 0 Å². The van der Waals surface area contributed by atoms with Crippen molar-refractivity contribution in [2.24, 2.45) is 0 Å². The molecule has 0 aromatic carbocycles. The highest BCUT2D eigenvalue weighted by atomic mass is 16.7. The fourth-order valence-corrected chi connectivity index (χ4v) is 9.80. The van der Waals surface area contributed by atoms with Crippen molar-refractivity contribution in [3.8, 4) is 0 Å².